The third-order valence-electron chi connectivity index (χ3n) is 5.71. The van der Waals surface area contributed by atoms with Gasteiger partial charge in [0, 0.05) is 24.8 Å². The van der Waals surface area contributed by atoms with Crippen LogP contribution < -0.4 is 9.80 Å². The lowest BCUT2D eigenvalue weighted by atomic mass is 10.1. The number of rotatable bonds is 17. The molecule has 0 heterocycles. The summed E-state index contributed by atoms with van der Waals surface area (Å²) < 4.78 is 12.2. The highest BCUT2D eigenvalue weighted by molar-refractivity contribution is 5.43. The van der Waals surface area contributed by atoms with E-state index in [0.717, 1.165) is 43.3 Å². The first kappa shape index (κ1) is 28.2. The van der Waals surface area contributed by atoms with Crippen molar-refractivity contribution >= 4 is 5.69 Å². The second kappa shape index (κ2) is 15.1. The average molecular weight is 476 g/mol. The lowest BCUT2D eigenvalue weighted by Crippen LogP contribution is -2.34. The van der Waals surface area contributed by atoms with Gasteiger partial charge in [-0.1, -0.05) is 31.0 Å². The first-order valence-electron chi connectivity index (χ1n) is 12.2. The number of aromatic hydroxyl groups is 1. The molecule has 0 bridgehead atoms. The summed E-state index contributed by atoms with van der Waals surface area (Å²) in [5.41, 5.74) is 3.56. The second-order valence-corrected chi connectivity index (χ2v) is 9.53. The number of aliphatic hydroxyl groups is 2. The third kappa shape index (κ3) is 10.5. The Morgan fingerprint density at radius 2 is 1.68 bits per heavy atom. The SMILES string of the molecule is C[N+](C)(C)c1cccc(COCCOCCCCCCNC[C@H](O)c2ccc(O)c(CO)c2)c1. The van der Waals surface area contributed by atoms with E-state index in [4.69, 9.17) is 9.47 Å². The summed E-state index contributed by atoms with van der Waals surface area (Å²) in [5.74, 6) is 0.0456. The molecule has 2 aromatic carbocycles. The molecule has 0 spiro atoms. The van der Waals surface area contributed by atoms with Gasteiger partial charge >= 0.3 is 0 Å². The number of benzene rings is 2. The molecule has 7 heteroatoms. The van der Waals surface area contributed by atoms with Crippen molar-refractivity contribution < 1.29 is 24.8 Å². The van der Waals surface area contributed by atoms with E-state index in [9.17, 15) is 15.3 Å². The fourth-order valence-electron chi connectivity index (χ4n) is 3.58. The van der Waals surface area contributed by atoms with Crippen LogP contribution in [0, 0.1) is 0 Å². The molecule has 0 unspecified atom stereocenters. The zero-order chi connectivity index (χ0) is 24.8. The monoisotopic (exact) mass is 475 g/mol. The van der Waals surface area contributed by atoms with Crippen molar-refractivity contribution in [2.75, 3.05) is 54.1 Å². The number of hydrogen-bond donors (Lipinski definition) is 4. The summed E-state index contributed by atoms with van der Waals surface area (Å²) in [4.78, 5) is 0. The summed E-state index contributed by atoms with van der Waals surface area (Å²) in [6.45, 7) is 3.60. The number of ether oxygens (including phenoxy) is 2. The largest absolute Gasteiger partial charge is 0.508 e. The molecule has 0 amide bonds. The van der Waals surface area contributed by atoms with Gasteiger partial charge in [-0.15, -0.1) is 0 Å². The van der Waals surface area contributed by atoms with Gasteiger partial charge in [0.25, 0.3) is 0 Å². The van der Waals surface area contributed by atoms with Crippen LogP contribution in [-0.2, 0) is 22.7 Å². The van der Waals surface area contributed by atoms with Gasteiger partial charge in [0.2, 0.25) is 0 Å². The Hall–Kier alpha value is -2.00. The molecule has 7 nitrogen and oxygen atoms in total. The smallest absolute Gasteiger partial charge is 0.132 e. The predicted molar refractivity (Wildman–Crippen MR) is 137 cm³/mol. The van der Waals surface area contributed by atoms with E-state index < -0.39 is 6.10 Å². The zero-order valence-electron chi connectivity index (χ0n) is 21.0. The van der Waals surface area contributed by atoms with Gasteiger partial charge in [0.1, 0.15) is 11.4 Å². The molecular weight excluding hydrogens is 432 g/mol. The lowest BCUT2D eigenvalue weighted by Gasteiger charge is -2.23. The molecule has 0 aliphatic heterocycles. The third-order valence-corrected chi connectivity index (χ3v) is 5.71. The standard InChI is InChI=1S/C27H42N2O5/c1-29(2,3)25-10-8-9-22(17-25)21-34-16-15-33-14-7-5-4-6-13-28-19-27(32)23-11-12-26(31)24(18-23)20-30/h8-12,17-18,27-28,30,32H,4-7,13-16,19-21H2,1-3H3/p+1/t27-/m0/s1. The lowest BCUT2D eigenvalue weighted by molar-refractivity contribution is 0.0392. The molecule has 0 aromatic heterocycles. The Bertz CT molecular complexity index is 838. The zero-order valence-corrected chi connectivity index (χ0v) is 21.0. The van der Waals surface area contributed by atoms with Crippen molar-refractivity contribution in [3.05, 3.63) is 59.2 Å². The van der Waals surface area contributed by atoms with Crippen LogP contribution in [0.4, 0.5) is 5.69 Å². The van der Waals surface area contributed by atoms with Gasteiger partial charge in [-0.25, -0.2) is 0 Å². The van der Waals surface area contributed by atoms with Crippen LogP contribution in [0.5, 0.6) is 5.75 Å². The van der Waals surface area contributed by atoms with Crippen molar-refractivity contribution in [2.24, 2.45) is 0 Å². The topological polar surface area (TPSA) is 91.2 Å². The van der Waals surface area contributed by atoms with Gasteiger partial charge in [-0.3, -0.25) is 4.48 Å². The highest BCUT2D eigenvalue weighted by Gasteiger charge is 2.12. The molecule has 1 atom stereocenters. The predicted octanol–water partition coefficient (Wildman–Crippen LogP) is 3.50. The fourth-order valence-corrected chi connectivity index (χ4v) is 3.58. The van der Waals surface area contributed by atoms with Crippen LogP contribution in [0.1, 0.15) is 48.5 Å². The highest BCUT2D eigenvalue weighted by atomic mass is 16.5. The minimum Gasteiger partial charge on any atom is -0.508 e. The van der Waals surface area contributed by atoms with Crippen LogP contribution in [0.3, 0.4) is 0 Å². The number of unbranched alkanes of at least 4 members (excludes halogenated alkanes) is 3. The fraction of sp³-hybridized carbons (Fsp3) is 0.556. The molecule has 0 saturated heterocycles. The Morgan fingerprint density at radius 3 is 2.44 bits per heavy atom. The van der Waals surface area contributed by atoms with Crippen LogP contribution >= 0.6 is 0 Å². The molecule has 34 heavy (non-hydrogen) atoms. The summed E-state index contributed by atoms with van der Waals surface area (Å²) in [6.07, 6.45) is 3.63. The van der Waals surface area contributed by atoms with Crippen LogP contribution in [0.2, 0.25) is 0 Å². The normalized spacial score (nSPS) is 12.7. The number of phenols is 1. The first-order chi connectivity index (χ1) is 16.3. The van der Waals surface area contributed by atoms with Gasteiger partial charge < -0.3 is 30.1 Å². The number of quaternary nitrogens is 1. The van der Waals surface area contributed by atoms with Crippen molar-refractivity contribution in [2.45, 2.75) is 45.0 Å². The number of hydrogen-bond acceptors (Lipinski definition) is 6. The maximum absolute atomic E-state index is 10.2. The number of nitrogens with zero attached hydrogens (tertiary/aromatic N) is 1. The number of aliphatic hydroxyl groups excluding tert-OH is 2. The van der Waals surface area contributed by atoms with Crippen molar-refractivity contribution in [3.63, 3.8) is 0 Å². The van der Waals surface area contributed by atoms with Crippen molar-refractivity contribution in [3.8, 4) is 5.75 Å². The van der Waals surface area contributed by atoms with Gasteiger partial charge in [0.15, 0.2) is 0 Å². The minimum absolute atomic E-state index is 0.0456. The van der Waals surface area contributed by atoms with Gasteiger partial charge in [-0.2, -0.15) is 0 Å². The average Bonchev–Trinajstić information content (AvgIpc) is 2.81. The Morgan fingerprint density at radius 1 is 0.912 bits per heavy atom. The molecule has 0 saturated carbocycles. The first-order valence-corrected chi connectivity index (χ1v) is 12.2. The maximum Gasteiger partial charge on any atom is 0.132 e. The van der Waals surface area contributed by atoms with E-state index in [1.165, 1.54) is 17.3 Å². The Labute approximate surface area is 204 Å². The number of nitrogens with one attached hydrogen (secondary N) is 1. The minimum atomic E-state index is -0.664. The summed E-state index contributed by atoms with van der Waals surface area (Å²) >= 11 is 0. The molecule has 0 fully saturated rings. The Kier molecular flexibility index (Phi) is 12.5. The molecule has 0 aliphatic rings. The van der Waals surface area contributed by atoms with Crippen molar-refractivity contribution in [1.82, 2.24) is 9.80 Å². The summed E-state index contributed by atoms with van der Waals surface area (Å²) in [5, 5.41) is 32.3. The quantitative estimate of drug-likeness (QED) is 0.207. The van der Waals surface area contributed by atoms with Crippen LogP contribution in [-0.4, -0.2) is 69.4 Å². The molecule has 0 aliphatic carbocycles. The summed E-state index contributed by atoms with van der Waals surface area (Å²) in [7, 11) is 6.47. The second-order valence-electron chi connectivity index (χ2n) is 9.53. The molecule has 190 valence electrons. The molecular formula is C27H43N2O5+. The van der Waals surface area contributed by atoms with Gasteiger partial charge in [-0.05, 0) is 48.7 Å². The van der Waals surface area contributed by atoms with E-state index in [1.54, 1.807) is 12.1 Å². The van der Waals surface area contributed by atoms with E-state index in [-0.39, 0.29) is 12.4 Å². The van der Waals surface area contributed by atoms with Gasteiger partial charge in [0.05, 0.1) is 53.7 Å². The highest BCUT2D eigenvalue weighted by Crippen LogP contribution is 2.22. The molecule has 0 radical (unpaired) electrons. The van der Waals surface area contributed by atoms with E-state index in [2.05, 4.69) is 50.7 Å². The van der Waals surface area contributed by atoms with E-state index in [1.807, 2.05) is 0 Å². The molecule has 2 rings (SSSR count). The van der Waals surface area contributed by atoms with E-state index in [0.29, 0.717) is 37.5 Å². The van der Waals surface area contributed by atoms with Crippen LogP contribution in [0.25, 0.3) is 0 Å². The van der Waals surface area contributed by atoms with Crippen molar-refractivity contribution in [1.29, 1.82) is 0 Å². The summed E-state index contributed by atoms with van der Waals surface area (Å²) in [6, 6.07) is 13.3. The molecule has 4 N–H and O–H groups in total. The van der Waals surface area contributed by atoms with E-state index >= 15 is 0 Å². The Balaban J connectivity index is 1.42. The van der Waals surface area contributed by atoms with Crippen LogP contribution in [0.15, 0.2) is 42.5 Å². The maximum atomic E-state index is 10.2. The molecule has 2 aromatic rings.